The quantitative estimate of drug-likeness (QED) is 0.829. The molecule has 0 radical (unpaired) electrons. The molecule has 108 valence electrons. The molecule has 20 heavy (non-hydrogen) atoms. The molecular formula is C13H14ClNO4S. The first-order valence-electron chi connectivity index (χ1n) is 6.27. The molecule has 2 aliphatic heterocycles. The highest BCUT2D eigenvalue weighted by Gasteiger charge is 2.49. The lowest BCUT2D eigenvalue weighted by Gasteiger charge is -2.23. The van der Waals surface area contributed by atoms with Crippen molar-refractivity contribution in [3.05, 3.63) is 23.2 Å². The normalized spacial score (nSPS) is 27.7. The molecule has 0 N–H and O–H groups in total. The van der Waals surface area contributed by atoms with Gasteiger partial charge in [0.15, 0.2) is 9.84 Å². The summed E-state index contributed by atoms with van der Waals surface area (Å²) in [5.41, 5.74) is 0.630. The van der Waals surface area contributed by atoms with Gasteiger partial charge in [0.1, 0.15) is 5.75 Å². The molecule has 2 aliphatic rings. The van der Waals surface area contributed by atoms with Crippen LogP contribution in [0.15, 0.2) is 18.2 Å². The molecule has 0 bridgehead atoms. The Bertz CT molecular complexity index is 673. The number of methoxy groups -OCH3 is 1. The summed E-state index contributed by atoms with van der Waals surface area (Å²) in [4.78, 5) is 13.7. The van der Waals surface area contributed by atoms with E-state index in [1.54, 1.807) is 23.1 Å². The van der Waals surface area contributed by atoms with Crippen LogP contribution in [-0.2, 0) is 14.6 Å². The van der Waals surface area contributed by atoms with Crippen molar-refractivity contribution in [3.63, 3.8) is 0 Å². The number of hydrogen-bond donors (Lipinski definition) is 0. The van der Waals surface area contributed by atoms with Gasteiger partial charge in [-0.25, -0.2) is 8.42 Å². The Balaban J connectivity index is 1.97. The zero-order chi connectivity index (χ0) is 14.5. The number of fused-ring (bicyclic) bond motifs is 1. The van der Waals surface area contributed by atoms with Gasteiger partial charge in [0.25, 0.3) is 0 Å². The topological polar surface area (TPSA) is 63.7 Å². The average molecular weight is 316 g/mol. The van der Waals surface area contributed by atoms with E-state index in [0.29, 0.717) is 16.5 Å². The summed E-state index contributed by atoms with van der Waals surface area (Å²) in [6.45, 7) is 0. The van der Waals surface area contributed by atoms with E-state index in [0.717, 1.165) is 0 Å². The third kappa shape index (κ3) is 2.16. The molecule has 0 aliphatic carbocycles. The Hall–Kier alpha value is -1.27. The van der Waals surface area contributed by atoms with E-state index >= 15 is 0 Å². The molecule has 2 heterocycles. The number of amides is 1. The third-order valence-electron chi connectivity index (χ3n) is 3.89. The number of anilines is 1. The minimum absolute atomic E-state index is 0.0348. The van der Waals surface area contributed by atoms with Gasteiger partial charge >= 0.3 is 0 Å². The number of ether oxygens (including phenoxy) is 1. The van der Waals surface area contributed by atoms with Crippen LogP contribution in [0, 0.1) is 5.92 Å². The van der Waals surface area contributed by atoms with Crippen molar-refractivity contribution in [1.29, 1.82) is 0 Å². The Morgan fingerprint density at radius 1 is 1.35 bits per heavy atom. The van der Waals surface area contributed by atoms with Crippen molar-refractivity contribution in [2.75, 3.05) is 23.5 Å². The Morgan fingerprint density at radius 3 is 2.75 bits per heavy atom. The molecule has 1 aromatic rings. The maximum atomic E-state index is 12.1. The average Bonchev–Trinajstić information content (AvgIpc) is 2.79. The first-order valence-corrected chi connectivity index (χ1v) is 8.47. The van der Waals surface area contributed by atoms with Crippen molar-refractivity contribution >= 4 is 33.0 Å². The Kier molecular flexibility index (Phi) is 3.17. The number of hydrogen-bond acceptors (Lipinski definition) is 4. The largest absolute Gasteiger partial charge is 0.495 e. The van der Waals surface area contributed by atoms with E-state index in [4.69, 9.17) is 16.3 Å². The fourth-order valence-electron chi connectivity index (χ4n) is 3.03. The molecule has 2 saturated heterocycles. The molecule has 2 atom stereocenters. The first-order chi connectivity index (χ1) is 9.41. The van der Waals surface area contributed by atoms with Gasteiger partial charge < -0.3 is 9.64 Å². The van der Waals surface area contributed by atoms with Crippen molar-refractivity contribution in [3.8, 4) is 5.75 Å². The third-order valence-corrected chi connectivity index (χ3v) is 5.97. The van der Waals surface area contributed by atoms with E-state index in [1.165, 1.54) is 7.11 Å². The van der Waals surface area contributed by atoms with Gasteiger partial charge in [-0.15, -0.1) is 0 Å². The van der Waals surface area contributed by atoms with Gasteiger partial charge in [0.05, 0.1) is 29.7 Å². The molecule has 0 spiro atoms. The summed E-state index contributed by atoms with van der Waals surface area (Å²) in [6, 6.07) is 4.79. The number of sulfone groups is 1. The van der Waals surface area contributed by atoms with Crippen LogP contribution in [0.5, 0.6) is 5.75 Å². The van der Waals surface area contributed by atoms with Crippen LogP contribution < -0.4 is 9.64 Å². The second-order valence-corrected chi connectivity index (χ2v) is 7.75. The van der Waals surface area contributed by atoms with Crippen LogP contribution in [0.3, 0.4) is 0 Å². The first kappa shape index (κ1) is 13.7. The van der Waals surface area contributed by atoms with Crippen LogP contribution in [0.2, 0.25) is 5.02 Å². The van der Waals surface area contributed by atoms with E-state index in [2.05, 4.69) is 0 Å². The number of halogens is 1. The zero-order valence-electron chi connectivity index (χ0n) is 10.9. The molecule has 3 rings (SSSR count). The Labute approximate surface area is 122 Å². The standard InChI is InChI=1S/C13H14ClNO4S/c1-19-12-3-2-9(5-10(12)14)15-11-7-20(17,18)6-8(11)4-13(15)16/h2-3,5,8,11H,4,6-7H2,1H3/t8-,11-/m1/s1. The number of carbonyl (C=O) groups excluding carboxylic acids is 1. The van der Waals surface area contributed by atoms with Gasteiger partial charge in [0.2, 0.25) is 5.91 Å². The summed E-state index contributed by atoms with van der Waals surface area (Å²) >= 11 is 6.07. The summed E-state index contributed by atoms with van der Waals surface area (Å²) in [7, 11) is -1.53. The molecular weight excluding hydrogens is 302 g/mol. The van der Waals surface area contributed by atoms with E-state index in [-0.39, 0.29) is 35.8 Å². The lowest BCUT2D eigenvalue weighted by Crippen LogP contribution is -2.36. The van der Waals surface area contributed by atoms with Crippen LogP contribution >= 0.6 is 11.6 Å². The van der Waals surface area contributed by atoms with E-state index in [9.17, 15) is 13.2 Å². The van der Waals surface area contributed by atoms with Gasteiger partial charge in [-0.3, -0.25) is 4.79 Å². The highest BCUT2D eigenvalue weighted by atomic mass is 35.5. The molecule has 2 fully saturated rings. The SMILES string of the molecule is COc1ccc(N2C(=O)C[C@@H]3CS(=O)(=O)C[C@H]32)cc1Cl. The highest BCUT2D eigenvalue weighted by molar-refractivity contribution is 7.91. The molecule has 7 heteroatoms. The molecule has 1 amide bonds. The monoisotopic (exact) mass is 315 g/mol. The van der Waals surface area contributed by atoms with Gasteiger partial charge in [-0.05, 0) is 18.2 Å². The predicted octanol–water partition coefficient (Wildman–Crippen LogP) is 1.50. The van der Waals surface area contributed by atoms with Gasteiger partial charge in [-0.2, -0.15) is 0 Å². The predicted molar refractivity (Wildman–Crippen MR) is 76.0 cm³/mol. The molecule has 0 saturated carbocycles. The van der Waals surface area contributed by atoms with Crippen LogP contribution in [0.1, 0.15) is 6.42 Å². The summed E-state index contributed by atoms with van der Waals surface area (Å²) in [6.07, 6.45) is 0.285. The minimum Gasteiger partial charge on any atom is -0.495 e. The smallest absolute Gasteiger partial charge is 0.227 e. The second-order valence-electron chi connectivity index (χ2n) is 5.19. The van der Waals surface area contributed by atoms with Crippen molar-refractivity contribution < 1.29 is 17.9 Å². The van der Waals surface area contributed by atoms with Crippen LogP contribution in [0.4, 0.5) is 5.69 Å². The van der Waals surface area contributed by atoms with Gasteiger partial charge in [0, 0.05) is 18.0 Å². The summed E-state index contributed by atoms with van der Waals surface area (Å²) in [5.74, 6) is 0.513. The molecule has 0 aromatic heterocycles. The number of nitrogens with zero attached hydrogens (tertiary/aromatic N) is 1. The molecule has 5 nitrogen and oxygen atoms in total. The van der Waals surface area contributed by atoms with Crippen LogP contribution in [0.25, 0.3) is 0 Å². The lowest BCUT2D eigenvalue weighted by molar-refractivity contribution is -0.117. The molecule has 1 aromatic carbocycles. The second kappa shape index (κ2) is 4.63. The Morgan fingerprint density at radius 2 is 2.10 bits per heavy atom. The fourth-order valence-corrected chi connectivity index (χ4v) is 5.35. The number of rotatable bonds is 2. The van der Waals surface area contributed by atoms with E-state index in [1.807, 2.05) is 0 Å². The zero-order valence-corrected chi connectivity index (χ0v) is 12.4. The van der Waals surface area contributed by atoms with Gasteiger partial charge in [-0.1, -0.05) is 11.6 Å². The van der Waals surface area contributed by atoms with E-state index < -0.39 is 9.84 Å². The minimum atomic E-state index is -3.04. The number of carbonyl (C=O) groups is 1. The summed E-state index contributed by atoms with van der Waals surface area (Å²) < 4.78 is 28.5. The van der Waals surface area contributed by atoms with Crippen molar-refractivity contribution in [2.45, 2.75) is 12.5 Å². The highest BCUT2D eigenvalue weighted by Crippen LogP contribution is 2.39. The maximum absolute atomic E-state index is 12.1. The van der Waals surface area contributed by atoms with Crippen molar-refractivity contribution in [1.82, 2.24) is 0 Å². The molecule has 0 unspecified atom stereocenters. The van der Waals surface area contributed by atoms with Crippen LogP contribution in [-0.4, -0.2) is 39.0 Å². The fraction of sp³-hybridized carbons (Fsp3) is 0.462. The maximum Gasteiger partial charge on any atom is 0.227 e. The number of benzene rings is 1. The van der Waals surface area contributed by atoms with Crippen molar-refractivity contribution in [2.24, 2.45) is 5.92 Å². The lowest BCUT2D eigenvalue weighted by atomic mass is 10.0. The summed E-state index contributed by atoms with van der Waals surface area (Å²) in [5, 5.41) is 0.405.